The van der Waals surface area contributed by atoms with Crippen molar-refractivity contribution in [3.05, 3.63) is 0 Å². The number of rotatable bonds is 14. The van der Waals surface area contributed by atoms with Crippen LogP contribution in [0.2, 0.25) is 0 Å². The van der Waals surface area contributed by atoms with Crippen molar-refractivity contribution in [2.45, 2.75) is 96.8 Å². The Bertz CT molecular complexity index is 184. The van der Waals surface area contributed by atoms with Crippen LogP contribution in [0, 0.1) is 0 Å². The first-order chi connectivity index (χ1) is 8.77. The highest BCUT2D eigenvalue weighted by atomic mass is 16.1. The molecule has 1 amide bonds. The van der Waals surface area contributed by atoms with Crippen LogP contribution in [0.3, 0.4) is 0 Å². The lowest BCUT2D eigenvalue weighted by Crippen LogP contribution is -2.09. The molecule has 0 aliphatic carbocycles. The van der Waals surface area contributed by atoms with Crippen LogP contribution in [0.15, 0.2) is 0 Å². The molecule has 0 aromatic heterocycles. The molecule has 116 valence electrons. The van der Waals surface area contributed by atoms with Crippen LogP contribution in [0.1, 0.15) is 96.8 Å². The van der Waals surface area contributed by atoms with Crippen LogP contribution in [0.25, 0.3) is 0 Å². The van der Waals surface area contributed by atoms with Crippen molar-refractivity contribution in [2.75, 3.05) is 0 Å². The van der Waals surface area contributed by atoms with E-state index in [2.05, 4.69) is 6.92 Å². The summed E-state index contributed by atoms with van der Waals surface area (Å²) in [7, 11) is 0. The highest BCUT2D eigenvalue weighted by molar-refractivity contribution is 5.73. The number of amides is 1. The van der Waals surface area contributed by atoms with E-state index >= 15 is 0 Å². The SMILES string of the molecule is CCCCCCCCCCCCCCCC(N)=O.O. The van der Waals surface area contributed by atoms with Gasteiger partial charge in [-0.15, -0.1) is 0 Å². The monoisotopic (exact) mass is 273 g/mol. The summed E-state index contributed by atoms with van der Waals surface area (Å²) < 4.78 is 0. The summed E-state index contributed by atoms with van der Waals surface area (Å²) in [6.07, 6.45) is 17.9. The molecule has 3 nitrogen and oxygen atoms in total. The van der Waals surface area contributed by atoms with Crippen molar-refractivity contribution >= 4 is 5.91 Å². The van der Waals surface area contributed by atoms with Crippen molar-refractivity contribution in [3.8, 4) is 0 Å². The van der Waals surface area contributed by atoms with E-state index in [0.717, 1.165) is 6.42 Å². The van der Waals surface area contributed by atoms with E-state index in [-0.39, 0.29) is 11.4 Å². The van der Waals surface area contributed by atoms with Crippen molar-refractivity contribution in [1.82, 2.24) is 0 Å². The van der Waals surface area contributed by atoms with Crippen LogP contribution in [-0.4, -0.2) is 11.4 Å². The van der Waals surface area contributed by atoms with E-state index in [1.54, 1.807) is 0 Å². The third-order valence-electron chi connectivity index (χ3n) is 3.53. The topological polar surface area (TPSA) is 74.6 Å². The lowest BCUT2D eigenvalue weighted by molar-refractivity contribution is -0.118. The Morgan fingerprint density at radius 3 is 1.32 bits per heavy atom. The largest absolute Gasteiger partial charge is 0.412 e. The third-order valence-corrected chi connectivity index (χ3v) is 3.53. The first-order valence-corrected chi connectivity index (χ1v) is 8.05. The summed E-state index contributed by atoms with van der Waals surface area (Å²) >= 11 is 0. The van der Waals surface area contributed by atoms with Crippen molar-refractivity contribution in [1.29, 1.82) is 0 Å². The van der Waals surface area contributed by atoms with Gasteiger partial charge in [0.2, 0.25) is 5.91 Å². The van der Waals surface area contributed by atoms with Gasteiger partial charge in [0.05, 0.1) is 0 Å². The number of primary amides is 1. The van der Waals surface area contributed by atoms with Crippen LogP contribution in [-0.2, 0) is 4.79 Å². The molecule has 0 rings (SSSR count). The quantitative estimate of drug-likeness (QED) is 0.475. The molecule has 0 aliphatic rings. The molecule has 0 spiro atoms. The number of carbonyl (C=O) groups is 1. The Morgan fingerprint density at radius 1 is 0.684 bits per heavy atom. The van der Waals surface area contributed by atoms with Crippen molar-refractivity contribution in [3.63, 3.8) is 0 Å². The molecule has 0 aliphatic heterocycles. The smallest absolute Gasteiger partial charge is 0.217 e. The Morgan fingerprint density at radius 2 is 1.00 bits per heavy atom. The predicted molar refractivity (Wildman–Crippen MR) is 83.1 cm³/mol. The molecule has 0 fully saturated rings. The maximum atomic E-state index is 10.5. The second-order valence-corrected chi connectivity index (χ2v) is 5.46. The van der Waals surface area contributed by atoms with Gasteiger partial charge in [0.1, 0.15) is 0 Å². The maximum Gasteiger partial charge on any atom is 0.217 e. The van der Waals surface area contributed by atoms with Crippen molar-refractivity contribution in [2.24, 2.45) is 5.73 Å². The second-order valence-electron chi connectivity index (χ2n) is 5.46. The molecule has 0 unspecified atom stereocenters. The Kier molecular flexibility index (Phi) is 19.0. The van der Waals surface area contributed by atoms with Crippen LogP contribution < -0.4 is 5.73 Å². The lowest BCUT2D eigenvalue weighted by Gasteiger charge is -2.02. The first kappa shape index (κ1) is 20.7. The zero-order valence-corrected chi connectivity index (χ0v) is 12.9. The minimum Gasteiger partial charge on any atom is -0.412 e. The standard InChI is InChI=1S/C16H33NO.H2O/c1-2-3-4-5-6-7-8-9-10-11-12-13-14-15-16(17)18;/h2-15H2,1H3,(H2,17,18);1H2. The van der Waals surface area contributed by atoms with Gasteiger partial charge in [-0.1, -0.05) is 84.0 Å². The highest BCUT2D eigenvalue weighted by Crippen LogP contribution is 2.12. The minimum atomic E-state index is -0.155. The average molecular weight is 273 g/mol. The number of nitrogens with two attached hydrogens (primary N) is 1. The number of unbranched alkanes of at least 4 members (excludes halogenated alkanes) is 12. The Balaban J connectivity index is 0. The highest BCUT2D eigenvalue weighted by Gasteiger charge is 1.95. The summed E-state index contributed by atoms with van der Waals surface area (Å²) in [5.41, 5.74) is 5.09. The molecule has 0 atom stereocenters. The van der Waals surface area contributed by atoms with E-state index in [9.17, 15) is 4.79 Å². The Labute approximate surface area is 119 Å². The van der Waals surface area contributed by atoms with Gasteiger partial charge in [-0.05, 0) is 6.42 Å². The molecular formula is C16H35NO2. The van der Waals surface area contributed by atoms with Crippen molar-refractivity contribution < 1.29 is 10.3 Å². The zero-order chi connectivity index (χ0) is 13.5. The molecule has 0 heterocycles. The van der Waals surface area contributed by atoms with E-state index in [0.29, 0.717) is 6.42 Å². The average Bonchev–Trinajstić information content (AvgIpc) is 2.34. The number of carbonyl (C=O) groups excluding carboxylic acids is 1. The van der Waals surface area contributed by atoms with Gasteiger partial charge in [-0.25, -0.2) is 0 Å². The van der Waals surface area contributed by atoms with E-state index in [4.69, 9.17) is 5.73 Å². The van der Waals surface area contributed by atoms with E-state index < -0.39 is 0 Å². The summed E-state index contributed by atoms with van der Waals surface area (Å²) in [4.78, 5) is 10.5. The predicted octanol–water partition coefficient (Wildman–Crippen LogP) is 4.13. The molecule has 0 aromatic carbocycles. The molecular weight excluding hydrogens is 238 g/mol. The number of hydrogen-bond acceptors (Lipinski definition) is 1. The molecule has 4 N–H and O–H groups in total. The van der Waals surface area contributed by atoms with Gasteiger partial charge < -0.3 is 11.2 Å². The van der Waals surface area contributed by atoms with Gasteiger partial charge in [-0.2, -0.15) is 0 Å². The zero-order valence-electron chi connectivity index (χ0n) is 12.9. The fraction of sp³-hybridized carbons (Fsp3) is 0.938. The number of hydrogen-bond donors (Lipinski definition) is 1. The Hall–Kier alpha value is -0.570. The van der Waals surface area contributed by atoms with Crippen LogP contribution >= 0.6 is 0 Å². The van der Waals surface area contributed by atoms with Gasteiger partial charge in [-0.3, -0.25) is 4.79 Å². The molecule has 19 heavy (non-hydrogen) atoms. The molecule has 0 aromatic rings. The fourth-order valence-electron chi connectivity index (χ4n) is 2.32. The summed E-state index contributed by atoms with van der Waals surface area (Å²) in [5, 5.41) is 0. The van der Waals surface area contributed by atoms with E-state index in [1.165, 1.54) is 77.0 Å². The first-order valence-electron chi connectivity index (χ1n) is 8.05. The van der Waals surface area contributed by atoms with Crippen LogP contribution in [0.4, 0.5) is 0 Å². The summed E-state index contributed by atoms with van der Waals surface area (Å²) in [6.45, 7) is 2.27. The molecule has 0 radical (unpaired) electrons. The van der Waals surface area contributed by atoms with Gasteiger partial charge in [0.25, 0.3) is 0 Å². The fourth-order valence-corrected chi connectivity index (χ4v) is 2.32. The molecule has 0 saturated heterocycles. The second kappa shape index (κ2) is 17.4. The molecule has 3 heteroatoms. The van der Waals surface area contributed by atoms with Gasteiger partial charge >= 0.3 is 0 Å². The molecule has 0 bridgehead atoms. The summed E-state index contributed by atoms with van der Waals surface area (Å²) in [5.74, 6) is -0.155. The van der Waals surface area contributed by atoms with Crippen LogP contribution in [0.5, 0.6) is 0 Å². The van der Waals surface area contributed by atoms with Gasteiger partial charge in [0.15, 0.2) is 0 Å². The van der Waals surface area contributed by atoms with Gasteiger partial charge in [0, 0.05) is 6.42 Å². The lowest BCUT2D eigenvalue weighted by atomic mass is 10.0. The molecule has 0 saturated carbocycles. The third kappa shape index (κ3) is 19.9. The summed E-state index contributed by atoms with van der Waals surface area (Å²) in [6, 6.07) is 0. The minimum absolute atomic E-state index is 0. The maximum absolute atomic E-state index is 10.5. The normalized spacial score (nSPS) is 10.2. The van der Waals surface area contributed by atoms with E-state index in [1.807, 2.05) is 0 Å².